The smallest absolute Gasteiger partial charge is 0.267 e. The number of hydrogen-bond acceptors (Lipinski definition) is 5. The minimum Gasteiger partial charge on any atom is -0.396 e. The van der Waals surface area contributed by atoms with E-state index in [4.69, 9.17) is 9.84 Å². The monoisotopic (exact) mass is 226 g/mol. The van der Waals surface area contributed by atoms with Crippen molar-refractivity contribution in [3.63, 3.8) is 0 Å². The number of aliphatic hydroxyl groups excluding tert-OH is 1. The first-order valence-electron chi connectivity index (χ1n) is 4.68. The molecule has 0 rings (SSSR count). The predicted molar refractivity (Wildman–Crippen MR) is 52.6 cm³/mol. The Bertz CT molecular complexity index is 212. The quantitative estimate of drug-likeness (QED) is 0.447. The summed E-state index contributed by atoms with van der Waals surface area (Å²) in [6, 6.07) is 0. The van der Waals surface area contributed by atoms with Gasteiger partial charge in [0.2, 0.25) is 0 Å². The summed E-state index contributed by atoms with van der Waals surface area (Å²) in [5.41, 5.74) is 0. The Kier molecular flexibility index (Phi) is 8.07. The van der Waals surface area contributed by atoms with Crippen LogP contribution < -0.4 is 0 Å². The minimum atomic E-state index is -3.31. The topological polar surface area (TPSA) is 72.8 Å². The van der Waals surface area contributed by atoms with Crippen molar-refractivity contribution < 1.29 is 22.4 Å². The molecule has 0 amide bonds. The molecule has 14 heavy (non-hydrogen) atoms. The number of hydrogen-bond donors (Lipinski definition) is 1. The lowest BCUT2D eigenvalue weighted by atomic mass is 10.5. The van der Waals surface area contributed by atoms with E-state index in [-0.39, 0.29) is 19.0 Å². The fourth-order valence-corrected chi connectivity index (χ4v) is 1.24. The van der Waals surface area contributed by atoms with Gasteiger partial charge in [-0.2, -0.15) is 8.42 Å². The van der Waals surface area contributed by atoms with Gasteiger partial charge < -0.3 is 9.84 Å². The van der Waals surface area contributed by atoms with E-state index < -0.39 is 10.1 Å². The van der Waals surface area contributed by atoms with Crippen molar-refractivity contribution in [1.82, 2.24) is 0 Å². The lowest BCUT2D eigenvalue weighted by molar-refractivity contribution is 0.105. The van der Waals surface area contributed by atoms with Crippen LogP contribution in [-0.4, -0.2) is 45.7 Å². The van der Waals surface area contributed by atoms with E-state index in [1.807, 2.05) is 0 Å². The van der Waals surface area contributed by atoms with Crippen LogP contribution in [0.3, 0.4) is 0 Å². The maximum absolute atomic E-state index is 10.8. The first-order chi connectivity index (χ1) is 6.62. The Morgan fingerprint density at radius 3 is 2.36 bits per heavy atom. The summed E-state index contributed by atoms with van der Waals surface area (Å²) in [4.78, 5) is 0. The fourth-order valence-electron chi connectivity index (χ4n) is 0.699. The molecule has 0 aromatic heterocycles. The molecule has 86 valence electrons. The average Bonchev–Trinajstić information content (AvgIpc) is 2.16. The molecule has 0 aliphatic carbocycles. The van der Waals surface area contributed by atoms with Crippen LogP contribution in [0.2, 0.25) is 0 Å². The molecule has 0 fully saturated rings. The lowest BCUT2D eigenvalue weighted by Crippen LogP contribution is -2.11. The minimum absolute atomic E-state index is 0.00162. The molecule has 0 unspecified atom stereocenters. The van der Waals surface area contributed by atoms with Gasteiger partial charge in [0, 0.05) is 19.8 Å². The highest BCUT2D eigenvalue weighted by Crippen LogP contribution is 1.94. The Hall–Kier alpha value is -0.170. The van der Waals surface area contributed by atoms with Crippen LogP contribution in [-0.2, 0) is 19.0 Å². The third kappa shape index (κ3) is 8.43. The van der Waals surface area contributed by atoms with Gasteiger partial charge in [0.15, 0.2) is 0 Å². The molecule has 1 N–H and O–H groups in total. The highest BCUT2D eigenvalue weighted by Gasteiger charge is 2.05. The molecule has 0 heterocycles. The molecule has 0 saturated heterocycles. The van der Waals surface area contributed by atoms with Gasteiger partial charge in [-0.15, -0.1) is 0 Å². The Morgan fingerprint density at radius 2 is 1.79 bits per heavy atom. The van der Waals surface area contributed by atoms with E-state index in [2.05, 4.69) is 4.18 Å². The Morgan fingerprint density at radius 1 is 1.14 bits per heavy atom. The SMILES string of the molecule is CCS(=O)(=O)OCCCOCCCO. The Balaban J connectivity index is 3.22. The van der Waals surface area contributed by atoms with Crippen LogP contribution in [0.1, 0.15) is 19.8 Å². The van der Waals surface area contributed by atoms with Crippen LogP contribution in [0, 0.1) is 0 Å². The first kappa shape index (κ1) is 13.8. The van der Waals surface area contributed by atoms with E-state index in [0.29, 0.717) is 26.1 Å². The van der Waals surface area contributed by atoms with Crippen LogP contribution >= 0.6 is 0 Å². The van der Waals surface area contributed by atoms with E-state index in [1.165, 1.54) is 6.92 Å². The third-order valence-corrected chi connectivity index (χ3v) is 2.73. The van der Waals surface area contributed by atoms with Crippen LogP contribution in [0.5, 0.6) is 0 Å². The average molecular weight is 226 g/mol. The van der Waals surface area contributed by atoms with E-state index >= 15 is 0 Å². The van der Waals surface area contributed by atoms with E-state index in [9.17, 15) is 8.42 Å². The molecule has 0 spiro atoms. The molecule has 0 bridgehead atoms. The van der Waals surface area contributed by atoms with Gasteiger partial charge in [-0.1, -0.05) is 0 Å². The summed E-state index contributed by atoms with van der Waals surface area (Å²) in [7, 11) is -3.31. The van der Waals surface area contributed by atoms with Gasteiger partial charge in [-0.25, -0.2) is 0 Å². The molecule has 5 nitrogen and oxygen atoms in total. The zero-order valence-electron chi connectivity index (χ0n) is 8.44. The maximum Gasteiger partial charge on any atom is 0.267 e. The first-order valence-corrected chi connectivity index (χ1v) is 6.26. The van der Waals surface area contributed by atoms with Crippen LogP contribution in [0.4, 0.5) is 0 Å². The van der Waals surface area contributed by atoms with Crippen LogP contribution in [0.25, 0.3) is 0 Å². The lowest BCUT2D eigenvalue weighted by Gasteiger charge is -2.04. The standard InChI is InChI=1S/C8H18O5S/c1-2-14(10,11)13-8-4-7-12-6-3-5-9/h9H,2-8H2,1H3. The van der Waals surface area contributed by atoms with Gasteiger partial charge >= 0.3 is 0 Å². The molecule has 0 aromatic carbocycles. The van der Waals surface area contributed by atoms with Gasteiger partial charge in [-0.3, -0.25) is 4.18 Å². The summed E-state index contributed by atoms with van der Waals surface area (Å²) in [5.74, 6) is -0.00162. The number of aliphatic hydroxyl groups is 1. The van der Waals surface area contributed by atoms with Crippen molar-refractivity contribution in [2.24, 2.45) is 0 Å². The van der Waals surface area contributed by atoms with Gasteiger partial charge in [0.25, 0.3) is 10.1 Å². The van der Waals surface area contributed by atoms with Crippen molar-refractivity contribution in [2.45, 2.75) is 19.8 Å². The second-order valence-corrected chi connectivity index (χ2v) is 4.64. The van der Waals surface area contributed by atoms with Crippen molar-refractivity contribution in [2.75, 3.05) is 32.2 Å². The zero-order valence-corrected chi connectivity index (χ0v) is 9.25. The zero-order chi connectivity index (χ0) is 10.9. The normalized spacial score (nSPS) is 11.9. The summed E-state index contributed by atoms with van der Waals surface area (Å²) in [5, 5.41) is 8.42. The molecule has 6 heteroatoms. The summed E-state index contributed by atoms with van der Waals surface area (Å²) in [6.07, 6.45) is 1.15. The third-order valence-electron chi connectivity index (χ3n) is 1.50. The summed E-state index contributed by atoms with van der Waals surface area (Å²) < 4.78 is 31.4. The Labute approximate surface area is 85.1 Å². The number of ether oxygens (including phenoxy) is 1. The van der Waals surface area contributed by atoms with E-state index in [1.54, 1.807) is 0 Å². The van der Waals surface area contributed by atoms with Gasteiger partial charge in [-0.05, 0) is 19.8 Å². The molecule has 0 atom stereocenters. The molecular formula is C8H18O5S. The maximum atomic E-state index is 10.8. The molecule has 0 aliphatic rings. The van der Waals surface area contributed by atoms with E-state index in [0.717, 1.165) is 0 Å². The highest BCUT2D eigenvalue weighted by molar-refractivity contribution is 7.86. The largest absolute Gasteiger partial charge is 0.396 e. The summed E-state index contributed by atoms with van der Waals surface area (Å²) >= 11 is 0. The fraction of sp³-hybridized carbons (Fsp3) is 1.00. The van der Waals surface area contributed by atoms with Gasteiger partial charge in [0.05, 0.1) is 12.4 Å². The number of rotatable bonds is 9. The van der Waals surface area contributed by atoms with Crippen molar-refractivity contribution in [1.29, 1.82) is 0 Å². The van der Waals surface area contributed by atoms with Crippen molar-refractivity contribution >= 4 is 10.1 Å². The molecule has 0 aliphatic heterocycles. The molecular weight excluding hydrogens is 208 g/mol. The second kappa shape index (κ2) is 8.16. The molecule has 0 radical (unpaired) electrons. The molecule has 0 aromatic rings. The van der Waals surface area contributed by atoms with Crippen molar-refractivity contribution in [3.05, 3.63) is 0 Å². The summed E-state index contributed by atoms with van der Waals surface area (Å²) in [6.45, 7) is 2.76. The van der Waals surface area contributed by atoms with Crippen molar-refractivity contribution in [3.8, 4) is 0 Å². The second-order valence-electron chi connectivity index (χ2n) is 2.71. The van der Waals surface area contributed by atoms with Crippen LogP contribution in [0.15, 0.2) is 0 Å². The highest BCUT2D eigenvalue weighted by atomic mass is 32.2. The van der Waals surface area contributed by atoms with Gasteiger partial charge in [0.1, 0.15) is 0 Å². The molecule has 0 saturated carbocycles. The predicted octanol–water partition coefficient (Wildman–Crippen LogP) is 0.142.